The maximum atomic E-state index is 12.3. The highest BCUT2D eigenvalue weighted by Crippen LogP contribution is 2.29. The molecule has 7 heteroatoms. The van der Waals surface area contributed by atoms with Gasteiger partial charge in [0.05, 0.1) is 0 Å². The van der Waals surface area contributed by atoms with Crippen molar-refractivity contribution in [2.75, 3.05) is 0 Å². The summed E-state index contributed by atoms with van der Waals surface area (Å²) in [6.07, 6.45) is -4.45. The van der Waals surface area contributed by atoms with Crippen LogP contribution >= 0.6 is 0 Å². The van der Waals surface area contributed by atoms with Crippen molar-refractivity contribution in [3.63, 3.8) is 0 Å². The highest BCUT2D eigenvalue weighted by atomic mass is 19.4. The zero-order valence-electron chi connectivity index (χ0n) is 7.50. The molecule has 14 heavy (non-hydrogen) atoms. The Hall–Kier alpha value is -1.53. The highest BCUT2D eigenvalue weighted by Gasteiger charge is 2.35. The van der Waals surface area contributed by atoms with Gasteiger partial charge in [-0.25, -0.2) is 0 Å². The van der Waals surface area contributed by atoms with Crippen LogP contribution in [0, 0.1) is 0 Å². The first-order valence-corrected chi connectivity index (χ1v) is 3.66. The summed E-state index contributed by atoms with van der Waals surface area (Å²) in [6, 6.07) is 0.828. The molecule has 0 aliphatic heterocycles. The van der Waals surface area contributed by atoms with E-state index in [0.29, 0.717) is 4.68 Å². The third-order valence-electron chi connectivity index (χ3n) is 1.69. The van der Waals surface area contributed by atoms with Crippen LogP contribution in [0.4, 0.5) is 13.2 Å². The van der Waals surface area contributed by atoms with Crippen molar-refractivity contribution in [2.45, 2.75) is 13.1 Å². The van der Waals surface area contributed by atoms with Gasteiger partial charge in [-0.3, -0.25) is 4.68 Å². The molecule has 78 valence electrons. The fourth-order valence-corrected chi connectivity index (χ4v) is 0.961. The zero-order chi connectivity index (χ0) is 10.9. The third-order valence-corrected chi connectivity index (χ3v) is 1.69. The van der Waals surface area contributed by atoms with E-state index in [1.165, 1.54) is 14.0 Å². The summed E-state index contributed by atoms with van der Waals surface area (Å²) in [7, 11) is 1.18. The highest BCUT2D eigenvalue weighted by molar-refractivity contribution is 5.96. The molecule has 0 fully saturated rings. The summed E-state index contributed by atoms with van der Waals surface area (Å²) in [5.74, 6) is 0. The molecule has 1 heterocycles. The second-order valence-corrected chi connectivity index (χ2v) is 2.72. The Bertz CT molecular complexity index is 367. The van der Waals surface area contributed by atoms with Crippen LogP contribution in [0.5, 0.6) is 0 Å². The van der Waals surface area contributed by atoms with Crippen molar-refractivity contribution < 1.29 is 18.4 Å². The molecule has 1 aromatic heterocycles. The molecule has 0 saturated heterocycles. The standard InChI is InChI=1S/C7H8F3N3O/c1-4(12-14)5-3-6(7(8,9)10)13(2)11-5/h3,14H,1-2H3. The van der Waals surface area contributed by atoms with E-state index in [9.17, 15) is 13.2 Å². The molecule has 0 amide bonds. The number of halogens is 3. The first-order chi connectivity index (χ1) is 6.36. The number of oxime groups is 1. The van der Waals surface area contributed by atoms with Crippen LogP contribution in [0.2, 0.25) is 0 Å². The zero-order valence-corrected chi connectivity index (χ0v) is 7.50. The van der Waals surface area contributed by atoms with Crippen LogP contribution in [0.3, 0.4) is 0 Å². The lowest BCUT2D eigenvalue weighted by atomic mass is 10.3. The average Bonchev–Trinajstić information content (AvgIpc) is 2.45. The molecule has 0 saturated carbocycles. The van der Waals surface area contributed by atoms with Gasteiger partial charge in [0.2, 0.25) is 0 Å². The Morgan fingerprint density at radius 1 is 1.57 bits per heavy atom. The maximum absolute atomic E-state index is 12.3. The number of hydrogen-bond acceptors (Lipinski definition) is 3. The van der Waals surface area contributed by atoms with Crippen molar-refractivity contribution in [3.8, 4) is 0 Å². The molecule has 0 radical (unpaired) electrons. The molecule has 0 spiro atoms. The lowest BCUT2D eigenvalue weighted by Gasteiger charge is -2.04. The lowest BCUT2D eigenvalue weighted by molar-refractivity contribution is -0.143. The Morgan fingerprint density at radius 2 is 2.14 bits per heavy atom. The molecule has 1 rings (SSSR count). The summed E-state index contributed by atoms with van der Waals surface area (Å²) in [6.45, 7) is 1.36. The van der Waals surface area contributed by atoms with Crippen LogP contribution in [0.25, 0.3) is 0 Å². The van der Waals surface area contributed by atoms with Crippen LogP contribution in [-0.2, 0) is 13.2 Å². The fourth-order valence-electron chi connectivity index (χ4n) is 0.961. The number of alkyl halides is 3. The SMILES string of the molecule is CC(=NO)c1cc(C(F)(F)F)n(C)n1. The quantitative estimate of drug-likeness (QED) is 0.432. The van der Waals surface area contributed by atoms with Gasteiger partial charge in [-0.1, -0.05) is 5.16 Å². The molecular weight excluding hydrogens is 199 g/mol. The topological polar surface area (TPSA) is 50.4 Å². The van der Waals surface area contributed by atoms with Gasteiger partial charge in [-0.05, 0) is 13.0 Å². The van der Waals surface area contributed by atoms with Crippen molar-refractivity contribution in [2.24, 2.45) is 12.2 Å². The summed E-state index contributed by atoms with van der Waals surface area (Å²) in [4.78, 5) is 0. The first-order valence-electron chi connectivity index (χ1n) is 3.66. The van der Waals surface area contributed by atoms with Gasteiger partial charge in [0.15, 0.2) is 0 Å². The minimum absolute atomic E-state index is 0.00215. The van der Waals surface area contributed by atoms with E-state index in [-0.39, 0.29) is 11.4 Å². The van der Waals surface area contributed by atoms with E-state index in [1.54, 1.807) is 0 Å². The van der Waals surface area contributed by atoms with Crippen molar-refractivity contribution in [1.29, 1.82) is 0 Å². The molecule has 4 nitrogen and oxygen atoms in total. The number of aromatic nitrogens is 2. The van der Waals surface area contributed by atoms with Crippen molar-refractivity contribution in [3.05, 3.63) is 17.5 Å². The third kappa shape index (κ3) is 1.86. The molecule has 0 atom stereocenters. The first kappa shape index (κ1) is 10.6. The Morgan fingerprint density at radius 3 is 2.50 bits per heavy atom. The van der Waals surface area contributed by atoms with E-state index in [1.807, 2.05) is 0 Å². The monoisotopic (exact) mass is 207 g/mol. The molecule has 0 bridgehead atoms. The summed E-state index contributed by atoms with van der Waals surface area (Å²) in [5.41, 5.74) is -0.839. The van der Waals surface area contributed by atoms with E-state index in [4.69, 9.17) is 5.21 Å². The largest absolute Gasteiger partial charge is 0.433 e. The minimum atomic E-state index is -4.45. The average molecular weight is 207 g/mol. The Kier molecular flexibility index (Phi) is 2.50. The smallest absolute Gasteiger partial charge is 0.411 e. The Labute approximate surface area is 77.6 Å². The number of hydrogen-bond donors (Lipinski definition) is 1. The van der Waals surface area contributed by atoms with Gasteiger partial charge < -0.3 is 5.21 Å². The normalized spacial score (nSPS) is 13.4. The van der Waals surface area contributed by atoms with Crippen LogP contribution in [0.15, 0.2) is 11.2 Å². The second kappa shape index (κ2) is 3.32. The predicted octanol–water partition coefficient (Wildman–Crippen LogP) is 1.64. The number of rotatable bonds is 1. The van der Waals surface area contributed by atoms with E-state index in [0.717, 1.165) is 6.07 Å². The van der Waals surface area contributed by atoms with Crippen LogP contribution < -0.4 is 0 Å². The van der Waals surface area contributed by atoms with Gasteiger partial charge in [0.25, 0.3) is 0 Å². The van der Waals surface area contributed by atoms with Gasteiger partial charge >= 0.3 is 6.18 Å². The molecule has 1 aromatic rings. The van der Waals surface area contributed by atoms with Crippen molar-refractivity contribution in [1.82, 2.24) is 9.78 Å². The molecular formula is C7H8F3N3O. The predicted molar refractivity (Wildman–Crippen MR) is 42.2 cm³/mol. The number of nitrogens with zero attached hydrogens (tertiary/aromatic N) is 3. The Balaban J connectivity index is 3.18. The van der Waals surface area contributed by atoms with E-state index >= 15 is 0 Å². The van der Waals surface area contributed by atoms with Gasteiger partial charge in [-0.15, -0.1) is 0 Å². The summed E-state index contributed by atoms with van der Waals surface area (Å²) < 4.78 is 37.5. The molecule has 0 aromatic carbocycles. The van der Waals surface area contributed by atoms with Crippen molar-refractivity contribution >= 4 is 5.71 Å². The fraction of sp³-hybridized carbons (Fsp3) is 0.429. The van der Waals surface area contributed by atoms with Gasteiger partial charge in [0.1, 0.15) is 17.1 Å². The van der Waals surface area contributed by atoms with Crippen LogP contribution in [0.1, 0.15) is 18.3 Å². The summed E-state index contributed by atoms with van der Waals surface area (Å²) >= 11 is 0. The van der Waals surface area contributed by atoms with Gasteiger partial charge in [-0.2, -0.15) is 18.3 Å². The lowest BCUT2D eigenvalue weighted by Crippen LogP contribution is -2.11. The van der Waals surface area contributed by atoms with Crippen LogP contribution in [-0.4, -0.2) is 20.7 Å². The summed E-state index contributed by atoms with van der Waals surface area (Å²) in [5, 5.41) is 14.7. The van der Waals surface area contributed by atoms with Gasteiger partial charge in [0, 0.05) is 7.05 Å². The minimum Gasteiger partial charge on any atom is -0.411 e. The number of aryl methyl sites for hydroxylation is 1. The maximum Gasteiger partial charge on any atom is 0.433 e. The van der Waals surface area contributed by atoms with E-state index in [2.05, 4.69) is 10.3 Å². The molecule has 0 aliphatic carbocycles. The molecule has 1 N–H and O–H groups in total. The molecule has 0 aliphatic rings. The molecule has 0 unspecified atom stereocenters. The van der Waals surface area contributed by atoms with E-state index < -0.39 is 11.9 Å². The second-order valence-electron chi connectivity index (χ2n) is 2.72.